The molecule has 0 saturated heterocycles. The molecule has 1 N–H and O–H groups in total. The minimum atomic E-state index is -0.220. The summed E-state index contributed by atoms with van der Waals surface area (Å²) in [7, 11) is 0. The van der Waals surface area contributed by atoms with Gasteiger partial charge >= 0.3 is 0 Å². The fourth-order valence-corrected chi connectivity index (χ4v) is 2.88. The lowest BCUT2D eigenvalue weighted by Crippen LogP contribution is -2.64. The van der Waals surface area contributed by atoms with E-state index >= 15 is 0 Å². The Labute approximate surface area is 89.5 Å². The average molecular weight is 202 g/mol. The van der Waals surface area contributed by atoms with E-state index in [9.17, 15) is 5.11 Å². The van der Waals surface area contributed by atoms with Crippen LogP contribution in [0.15, 0.2) is 0 Å². The number of aliphatic hydroxyl groups is 1. The van der Waals surface area contributed by atoms with Crippen molar-refractivity contribution in [1.82, 2.24) is 0 Å². The lowest BCUT2D eigenvalue weighted by molar-refractivity contribution is -0.987. The van der Waals surface area contributed by atoms with Crippen molar-refractivity contribution in [2.75, 3.05) is 6.54 Å². The smallest absolute Gasteiger partial charge is 0.105 e. The van der Waals surface area contributed by atoms with Crippen LogP contribution < -0.4 is 0 Å². The van der Waals surface area contributed by atoms with E-state index in [4.69, 9.17) is 0 Å². The zero-order chi connectivity index (χ0) is 11.5. The predicted octanol–water partition coefficient (Wildman–Crippen LogP) is 2.41. The molecule has 0 rings (SSSR count). The molecule has 0 aromatic carbocycles. The number of hydrogen-bond acceptors (Lipinski definition) is 1. The maximum atomic E-state index is 9.62. The van der Waals surface area contributed by atoms with Crippen LogP contribution in [0.4, 0.5) is 0 Å². The van der Waals surface area contributed by atoms with E-state index in [-0.39, 0.29) is 6.10 Å². The predicted molar refractivity (Wildman–Crippen MR) is 62.2 cm³/mol. The molecule has 0 aromatic rings. The van der Waals surface area contributed by atoms with E-state index in [2.05, 4.69) is 41.5 Å². The monoisotopic (exact) mass is 202 g/mol. The Bertz CT molecular complexity index is 140. The molecule has 0 fully saturated rings. The fourth-order valence-electron chi connectivity index (χ4n) is 2.88. The lowest BCUT2D eigenvalue weighted by atomic mass is 10.0. The summed E-state index contributed by atoms with van der Waals surface area (Å²) in [6, 6.07) is 1.68. The van der Waals surface area contributed by atoms with Gasteiger partial charge in [0, 0.05) is 0 Å². The van der Waals surface area contributed by atoms with Crippen molar-refractivity contribution < 1.29 is 9.59 Å². The van der Waals surface area contributed by atoms with Crippen molar-refractivity contribution in [3.63, 3.8) is 0 Å². The second kappa shape index (κ2) is 5.13. The Hall–Kier alpha value is -0.0800. The lowest BCUT2D eigenvalue weighted by Gasteiger charge is -2.50. The van der Waals surface area contributed by atoms with Gasteiger partial charge in [-0.2, -0.15) is 0 Å². The third-order valence-corrected chi connectivity index (χ3v) is 3.46. The molecular weight excluding hydrogens is 174 g/mol. The van der Waals surface area contributed by atoms with Crippen LogP contribution >= 0.6 is 0 Å². The largest absolute Gasteiger partial charge is 0.388 e. The van der Waals surface area contributed by atoms with E-state index in [1.54, 1.807) is 0 Å². The van der Waals surface area contributed by atoms with E-state index in [0.29, 0.717) is 18.1 Å². The average Bonchev–Trinajstić information content (AvgIpc) is 1.97. The quantitative estimate of drug-likeness (QED) is 0.679. The summed E-state index contributed by atoms with van der Waals surface area (Å²) >= 11 is 0. The molecule has 2 heteroatoms. The second-order valence-electron chi connectivity index (χ2n) is 5.31. The summed E-state index contributed by atoms with van der Waals surface area (Å²) < 4.78 is 0.998. The molecule has 0 amide bonds. The summed E-state index contributed by atoms with van der Waals surface area (Å²) in [6.45, 7) is 16.3. The Kier molecular flexibility index (Phi) is 5.10. The molecule has 0 radical (unpaired) electrons. The molecule has 0 aliphatic rings. The SMILES string of the molecule is CC(O)C[N+](C(C)C)(C(C)C)C(C)C. The molecule has 2 nitrogen and oxygen atoms in total. The van der Waals surface area contributed by atoms with Gasteiger partial charge in [0.25, 0.3) is 0 Å². The maximum Gasteiger partial charge on any atom is 0.105 e. The van der Waals surface area contributed by atoms with Gasteiger partial charge in [-0.05, 0) is 48.5 Å². The molecule has 0 spiro atoms. The van der Waals surface area contributed by atoms with Crippen molar-refractivity contribution in [1.29, 1.82) is 0 Å². The van der Waals surface area contributed by atoms with Crippen molar-refractivity contribution in [2.24, 2.45) is 0 Å². The zero-order valence-corrected chi connectivity index (χ0v) is 10.9. The fraction of sp³-hybridized carbons (Fsp3) is 1.00. The zero-order valence-electron chi connectivity index (χ0n) is 10.9. The highest BCUT2D eigenvalue weighted by atomic mass is 16.3. The van der Waals surface area contributed by atoms with Crippen LogP contribution in [0.2, 0.25) is 0 Å². The molecule has 0 aliphatic heterocycles. The normalized spacial score (nSPS) is 15.6. The maximum absolute atomic E-state index is 9.62. The third-order valence-electron chi connectivity index (χ3n) is 3.46. The molecule has 0 bridgehead atoms. The Balaban J connectivity index is 4.95. The van der Waals surface area contributed by atoms with E-state index in [1.165, 1.54) is 0 Å². The van der Waals surface area contributed by atoms with Crippen LogP contribution in [0.25, 0.3) is 0 Å². The van der Waals surface area contributed by atoms with Crippen LogP contribution in [0.1, 0.15) is 48.5 Å². The van der Waals surface area contributed by atoms with Gasteiger partial charge in [-0.25, -0.2) is 0 Å². The standard InChI is InChI=1S/C12H28NO/c1-9(2)13(10(3)4,11(5)6)8-12(7)14/h9-12,14H,8H2,1-7H3/q+1. The van der Waals surface area contributed by atoms with Crippen LogP contribution in [0, 0.1) is 0 Å². The molecular formula is C12H28NO+. The van der Waals surface area contributed by atoms with Crippen molar-refractivity contribution in [3.8, 4) is 0 Å². The van der Waals surface area contributed by atoms with Crippen molar-refractivity contribution >= 4 is 0 Å². The van der Waals surface area contributed by atoms with Crippen LogP contribution in [0.5, 0.6) is 0 Å². The van der Waals surface area contributed by atoms with Gasteiger partial charge in [0.2, 0.25) is 0 Å². The van der Waals surface area contributed by atoms with Gasteiger partial charge < -0.3 is 9.59 Å². The second-order valence-corrected chi connectivity index (χ2v) is 5.31. The molecule has 0 heterocycles. The first-order valence-corrected chi connectivity index (χ1v) is 5.80. The number of rotatable bonds is 5. The van der Waals surface area contributed by atoms with Crippen LogP contribution in [-0.4, -0.2) is 40.4 Å². The molecule has 0 aliphatic carbocycles. The van der Waals surface area contributed by atoms with E-state index in [1.807, 2.05) is 6.92 Å². The molecule has 1 atom stereocenters. The molecule has 14 heavy (non-hydrogen) atoms. The summed E-state index contributed by atoms with van der Waals surface area (Å²) in [5, 5.41) is 9.62. The Morgan fingerprint density at radius 3 is 1.14 bits per heavy atom. The third kappa shape index (κ3) is 2.71. The van der Waals surface area contributed by atoms with Crippen LogP contribution in [0.3, 0.4) is 0 Å². The minimum Gasteiger partial charge on any atom is -0.388 e. The van der Waals surface area contributed by atoms with Crippen LogP contribution in [-0.2, 0) is 0 Å². The number of nitrogens with zero attached hydrogens (tertiary/aromatic N) is 1. The summed E-state index contributed by atoms with van der Waals surface area (Å²) in [6.07, 6.45) is -0.220. The topological polar surface area (TPSA) is 20.2 Å². The Morgan fingerprint density at radius 2 is 1.07 bits per heavy atom. The molecule has 0 aromatic heterocycles. The van der Waals surface area contributed by atoms with Gasteiger partial charge in [-0.3, -0.25) is 0 Å². The molecule has 0 saturated carbocycles. The van der Waals surface area contributed by atoms with E-state index < -0.39 is 0 Å². The first kappa shape index (κ1) is 13.9. The summed E-state index contributed by atoms with van der Waals surface area (Å²) in [5.74, 6) is 0. The highest BCUT2D eigenvalue weighted by Gasteiger charge is 2.38. The molecule has 1 unspecified atom stereocenters. The van der Waals surface area contributed by atoms with Gasteiger partial charge in [0.05, 0.1) is 18.1 Å². The van der Waals surface area contributed by atoms with Gasteiger partial charge in [-0.1, -0.05) is 0 Å². The number of hydrogen-bond donors (Lipinski definition) is 1. The minimum absolute atomic E-state index is 0.220. The summed E-state index contributed by atoms with van der Waals surface area (Å²) in [4.78, 5) is 0. The van der Waals surface area contributed by atoms with Gasteiger partial charge in [-0.15, -0.1) is 0 Å². The first-order valence-electron chi connectivity index (χ1n) is 5.80. The molecule has 86 valence electrons. The highest BCUT2D eigenvalue weighted by molar-refractivity contribution is 4.61. The Morgan fingerprint density at radius 1 is 0.786 bits per heavy atom. The first-order chi connectivity index (χ1) is 6.25. The van der Waals surface area contributed by atoms with Crippen molar-refractivity contribution in [2.45, 2.75) is 72.7 Å². The van der Waals surface area contributed by atoms with Gasteiger partial charge in [0.1, 0.15) is 12.6 Å². The highest BCUT2D eigenvalue weighted by Crippen LogP contribution is 2.24. The number of aliphatic hydroxyl groups excluding tert-OH is 1. The number of quaternary nitrogens is 1. The van der Waals surface area contributed by atoms with Crippen molar-refractivity contribution in [3.05, 3.63) is 0 Å². The van der Waals surface area contributed by atoms with E-state index in [0.717, 1.165) is 11.0 Å². The van der Waals surface area contributed by atoms with Gasteiger partial charge in [0.15, 0.2) is 0 Å². The summed E-state index contributed by atoms with van der Waals surface area (Å²) in [5.41, 5.74) is 0.